The van der Waals surface area contributed by atoms with Crippen LogP contribution < -0.4 is 13.9 Å². The fraction of sp³-hybridized carbons (Fsp3) is 0.174. The minimum absolute atomic E-state index is 0.113. The molecule has 0 atom stereocenters. The first-order chi connectivity index (χ1) is 14.6. The number of carbonyl (C=O) groups is 1. The van der Waals surface area contributed by atoms with Gasteiger partial charge in [-0.05, 0) is 54.4 Å². The first kappa shape index (κ1) is 18.7. The largest absolute Gasteiger partial charge is 0.490 e. The summed E-state index contributed by atoms with van der Waals surface area (Å²) in [6, 6.07) is 21.2. The third-order valence-corrected chi connectivity index (χ3v) is 7.31. The predicted octanol–water partition coefficient (Wildman–Crippen LogP) is 3.48. The molecule has 0 spiro atoms. The fourth-order valence-electron chi connectivity index (χ4n) is 4.01. The van der Waals surface area contributed by atoms with Gasteiger partial charge in [0.1, 0.15) is 12.4 Å². The van der Waals surface area contributed by atoms with E-state index in [0.717, 1.165) is 11.3 Å². The molecule has 0 saturated carbocycles. The van der Waals surface area contributed by atoms with E-state index in [0.29, 0.717) is 43.1 Å². The Morgan fingerprint density at radius 1 is 0.867 bits per heavy atom. The maximum absolute atomic E-state index is 13.2. The summed E-state index contributed by atoms with van der Waals surface area (Å²) in [5.41, 5.74) is 2.80. The number of amides is 1. The lowest BCUT2D eigenvalue weighted by atomic mass is 10.1. The van der Waals surface area contributed by atoms with Crippen molar-refractivity contribution in [3.8, 4) is 5.75 Å². The third kappa shape index (κ3) is 3.02. The molecule has 30 heavy (non-hydrogen) atoms. The van der Waals surface area contributed by atoms with E-state index in [1.165, 1.54) is 4.31 Å². The van der Waals surface area contributed by atoms with Gasteiger partial charge in [0.05, 0.1) is 22.8 Å². The molecule has 0 saturated heterocycles. The summed E-state index contributed by atoms with van der Waals surface area (Å²) in [6.45, 7) is 1.28. The zero-order chi connectivity index (χ0) is 20.7. The number of hydrogen-bond acceptors (Lipinski definition) is 4. The van der Waals surface area contributed by atoms with E-state index in [9.17, 15) is 13.2 Å². The van der Waals surface area contributed by atoms with Crippen LogP contribution in [-0.4, -0.2) is 34.0 Å². The molecule has 0 fully saturated rings. The van der Waals surface area contributed by atoms with E-state index in [2.05, 4.69) is 0 Å². The second kappa shape index (κ2) is 7.18. The fourth-order valence-corrected chi connectivity index (χ4v) is 5.53. The minimum atomic E-state index is -3.62. The minimum Gasteiger partial charge on any atom is -0.490 e. The lowest BCUT2D eigenvalue weighted by Gasteiger charge is -2.29. The molecule has 3 aromatic carbocycles. The topological polar surface area (TPSA) is 66.9 Å². The van der Waals surface area contributed by atoms with Crippen LogP contribution in [0.2, 0.25) is 0 Å². The maximum Gasteiger partial charge on any atom is 0.264 e. The molecule has 2 heterocycles. The van der Waals surface area contributed by atoms with E-state index in [1.807, 2.05) is 30.3 Å². The molecule has 5 rings (SSSR count). The number of anilines is 2. The van der Waals surface area contributed by atoms with Crippen molar-refractivity contribution in [3.05, 3.63) is 83.9 Å². The highest BCUT2D eigenvalue weighted by atomic mass is 32.2. The lowest BCUT2D eigenvalue weighted by molar-refractivity contribution is 0.0976. The van der Waals surface area contributed by atoms with E-state index in [-0.39, 0.29) is 10.8 Å². The predicted molar refractivity (Wildman–Crippen MR) is 115 cm³/mol. The molecule has 7 heteroatoms. The Balaban J connectivity index is 1.46. The van der Waals surface area contributed by atoms with Gasteiger partial charge in [0.25, 0.3) is 15.9 Å². The molecule has 3 aromatic rings. The van der Waals surface area contributed by atoms with Crippen LogP contribution in [0.15, 0.2) is 77.7 Å². The van der Waals surface area contributed by atoms with Crippen LogP contribution in [0.1, 0.15) is 15.9 Å². The quantitative estimate of drug-likeness (QED) is 0.651. The smallest absolute Gasteiger partial charge is 0.264 e. The zero-order valence-electron chi connectivity index (χ0n) is 16.2. The molecular weight excluding hydrogens is 400 g/mol. The van der Waals surface area contributed by atoms with Gasteiger partial charge < -0.3 is 9.64 Å². The Bertz CT molecular complexity index is 1220. The third-order valence-electron chi connectivity index (χ3n) is 5.48. The van der Waals surface area contributed by atoms with E-state index in [4.69, 9.17) is 4.74 Å². The summed E-state index contributed by atoms with van der Waals surface area (Å²) in [4.78, 5) is 15.2. The molecule has 0 bridgehead atoms. The number of ether oxygens (including phenoxy) is 1. The average molecular weight is 420 g/mol. The van der Waals surface area contributed by atoms with Gasteiger partial charge in [-0.1, -0.05) is 30.3 Å². The summed E-state index contributed by atoms with van der Waals surface area (Å²) in [6.07, 6.45) is 0.572. The molecule has 0 aromatic heterocycles. The summed E-state index contributed by atoms with van der Waals surface area (Å²) in [5.74, 6) is 0.580. The molecule has 6 nitrogen and oxygen atoms in total. The van der Waals surface area contributed by atoms with E-state index in [1.54, 1.807) is 47.4 Å². The highest BCUT2D eigenvalue weighted by Crippen LogP contribution is 2.35. The normalized spacial score (nSPS) is 15.3. The number of para-hydroxylation sites is 2. The van der Waals surface area contributed by atoms with Gasteiger partial charge >= 0.3 is 0 Å². The number of hydrogen-bond donors (Lipinski definition) is 0. The van der Waals surface area contributed by atoms with Crippen LogP contribution in [0.5, 0.6) is 5.75 Å². The Kier molecular flexibility index (Phi) is 4.47. The molecule has 0 N–H and O–H groups in total. The van der Waals surface area contributed by atoms with Crippen LogP contribution in [0.4, 0.5) is 11.4 Å². The number of nitrogens with zero attached hydrogens (tertiary/aromatic N) is 2. The Morgan fingerprint density at radius 2 is 1.63 bits per heavy atom. The molecule has 1 amide bonds. The van der Waals surface area contributed by atoms with Crippen molar-refractivity contribution in [1.29, 1.82) is 0 Å². The maximum atomic E-state index is 13.2. The second-order valence-electron chi connectivity index (χ2n) is 7.26. The van der Waals surface area contributed by atoms with Gasteiger partial charge in [-0.3, -0.25) is 9.10 Å². The van der Waals surface area contributed by atoms with Crippen LogP contribution in [0.3, 0.4) is 0 Å². The number of rotatable bonds is 3. The van der Waals surface area contributed by atoms with Crippen molar-refractivity contribution < 1.29 is 17.9 Å². The SMILES string of the molecule is O=C(c1ccc2c(c1)CCN2S(=O)(=O)c1ccccc1)N1CCOc2ccccc21. The first-order valence-corrected chi connectivity index (χ1v) is 11.2. The van der Waals surface area contributed by atoms with Crippen LogP contribution >= 0.6 is 0 Å². The molecular formula is C23H20N2O4S. The number of benzene rings is 3. The van der Waals surface area contributed by atoms with Crippen molar-refractivity contribution in [3.63, 3.8) is 0 Å². The molecule has 0 aliphatic carbocycles. The highest BCUT2D eigenvalue weighted by Gasteiger charge is 2.32. The molecule has 2 aliphatic heterocycles. The van der Waals surface area contributed by atoms with Crippen molar-refractivity contribution in [2.45, 2.75) is 11.3 Å². The Labute approximate surface area is 175 Å². The van der Waals surface area contributed by atoms with Crippen molar-refractivity contribution in [2.75, 3.05) is 28.9 Å². The van der Waals surface area contributed by atoms with Gasteiger partial charge in [0, 0.05) is 12.1 Å². The van der Waals surface area contributed by atoms with Crippen LogP contribution in [-0.2, 0) is 16.4 Å². The monoisotopic (exact) mass is 420 g/mol. The lowest BCUT2D eigenvalue weighted by Crippen LogP contribution is -2.38. The van der Waals surface area contributed by atoms with Gasteiger partial charge in [-0.15, -0.1) is 0 Å². The zero-order valence-corrected chi connectivity index (χ0v) is 17.0. The summed E-state index contributed by atoms with van der Waals surface area (Å²) < 4.78 is 33.1. The average Bonchev–Trinajstić information content (AvgIpc) is 3.23. The van der Waals surface area contributed by atoms with E-state index < -0.39 is 10.0 Å². The second-order valence-corrected chi connectivity index (χ2v) is 9.12. The van der Waals surface area contributed by atoms with Crippen LogP contribution in [0, 0.1) is 0 Å². The molecule has 2 aliphatic rings. The number of carbonyl (C=O) groups excluding carboxylic acids is 1. The van der Waals surface area contributed by atoms with Gasteiger partial charge in [0.2, 0.25) is 0 Å². The molecule has 0 radical (unpaired) electrons. The number of sulfonamides is 1. The molecule has 152 valence electrons. The number of fused-ring (bicyclic) bond motifs is 2. The summed E-state index contributed by atoms with van der Waals surface area (Å²) in [5, 5.41) is 0. The van der Waals surface area contributed by atoms with Gasteiger partial charge in [-0.25, -0.2) is 8.42 Å². The van der Waals surface area contributed by atoms with Gasteiger partial charge in [-0.2, -0.15) is 0 Å². The van der Waals surface area contributed by atoms with Crippen LogP contribution in [0.25, 0.3) is 0 Å². The molecule has 0 unspecified atom stereocenters. The van der Waals surface area contributed by atoms with Crippen molar-refractivity contribution >= 4 is 27.3 Å². The standard InChI is InChI=1S/C23H20N2O4S/c26-23(24-14-15-29-22-9-5-4-8-21(22)24)18-10-11-20-17(16-18)12-13-25(20)30(27,28)19-6-2-1-3-7-19/h1-11,16H,12-15H2. The Morgan fingerprint density at radius 3 is 2.47 bits per heavy atom. The van der Waals surface area contributed by atoms with E-state index >= 15 is 0 Å². The van der Waals surface area contributed by atoms with Crippen molar-refractivity contribution in [1.82, 2.24) is 0 Å². The Hall–Kier alpha value is -3.32. The first-order valence-electron chi connectivity index (χ1n) is 9.80. The van der Waals surface area contributed by atoms with Gasteiger partial charge in [0.15, 0.2) is 0 Å². The summed E-state index contributed by atoms with van der Waals surface area (Å²) in [7, 11) is -3.62. The summed E-state index contributed by atoms with van der Waals surface area (Å²) >= 11 is 0. The van der Waals surface area contributed by atoms with Crippen molar-refractivity contribution in [2.24, 2.45) is 0 Å². The highest BCUT2D eigenvalue weighted by molar-refractivity contribution is 7.92.